The average Bonchev–Trinajstić information content (AvgIpc) is 3.26. The number of imidazole rings is 1. The molecule has 0 radical (unpaired) electrons. The van der Waals surface area contributed by atoms with Gasteiger partial charge in [0.05, 0.1) is 17.9 Å². The summed E-state index contributed by atoms with van der Waals surface area (Å²) in [5.74, 6) is 0. The molecule has 0 saturated carbocycles. The Morgan fingerprint density at radius 2 is 2.44 bits per heavy atom. The van der Waals surface area contributed by atoms with Crippen molar-refractivity contribution in [2.24, 2.45) is 0 Å². The summed E-state index contributed by atoms with van der Waals surface area (Å²) in [6, 6.07) is -0.464. The Morgan fingerprint density at radius 1 is 1.64 bits per heavy atom. The van der Waals surface area contributed by atoms with Crippen LogP contribution in [0.5, 0.6) is 0 Å². The Balaban J connectivity index is 1.84. The lowest BCUT2D eigenvalue weighted by molar-refractivity contribution is -0.109. The molecule has 134 valence electrons. The molecule has 25 heavy (non-hydrogen) atoms. The molecule has 0 bridgehead atoms. The van der Waals surface area contributed by atoms with Gasteiger partial charge in [-0.05, 0) is 6.42 Å². The minimum absolute atomic E-state index is 0.00733. The van der Waals surface area contributed by atoms with Crippen LogP contribution < -0.4 is 0 Å². The van der Waals surface area contributed by atoms with Crippen LogP contribution in [0.15, 0.2) is 30.6 Å². The molecule has 1 N–H and O–H groups in total. The standard InChI is InChI=1S/C16H19N3O4S2/c1-3-4-23-16(22)18-7-11(25-10(2)20)5-12(18)15(21)13-8-24-14-6-17-9-19(13)14/h3,6,8-9,11-12,15,21H,1,4-5,7H2,2H3/t11-,12-,15?/m0/s1. The van der Waals surface area contributed by atoms with Crippen LogP contribution in [-0.4, -0.2) is 55.0 Å². The molecule has 3 rings (SSSR count). The first-order chi connectivity index (χ1) is 12.0. The van der Waals surface area contributed by atoms with Crippen molar-refractivity contribution in [3.8, 4) is 0 Å². The van der Waals surface area contributed by atoms with Crippen LogP contribution in [-0.2, 0) is 9.53 Å². The molecule has 9 heteroatoms. The third-order valence-electron chi connectivity index (χ3n) is 4.05. The maximum Gasteiger partial charge on any atom is 0.410 e. The van der Waals surface area contributed by atoms with E-state index >= 15 is 0 Å². The first-order valence-electron chi connectivity index (χ1n) is 7.80. The second-order valence-electron chi connectivity index (χ2n) is 5.76. The molecule has 0 aliphatic carbocycles. The molecule has 1 unspecified atom stereocenters. The smallest absolute Gasteiger partial charge is 0.410 e. The predicted octanol–water partition coefficient (Wildman–Crippen LogP) is 2.47. The number of ether oxygens (including phenoxy) is 1. The van der Waals surface area contributed by atoms with E-state index in [1.54, 1.807) is 12.5 Å². The molecule has 7 nitrogen and oxygen atoms in total. The van der Waals surface area contributed by atoms with Gasteiger partial charge in [-0.1, -0.05) is 24.4 Å². The van der Waals surface area contributed by atoms with E-state index in [1.807, 2.05) is 9.78 Å². The van der Waals surface area contributed by atoms with Crippen LogP contribution in [0.25, 0.3) is 4.83 Å². The van der Waals surface area contributed by atoms with Crippen molar-refractivity contribution in [2.45, 2.75) is 30.7 Å². The molecule has 1 fully saturated rings. The number of aliphatic hydroxyl groups is 1. The van der Waals surface area contributed by atoms with Crippen molar-refractivity contribution in [2.75, 3.05) is 13.2 Å². The highest BCUT2D eigenvalue weighted by atomic mass is 32.2. The number of hydrogen-bond acceptors (Lipinski definition) is 7. The maximum atomic E-state index is 12.4. The fraction of sp³-hybridized carbons (Fsp3) is 0.438. The molecule has 3 heterocycles. The van der Waals surface area contributed by atoms with Gasteiger partial charge >= 0.3 is 6.09 Å². The number of carbonyl (C=O) groups is 2. The summed E-state index contributed by atoms with van der Waals surface area (Å²) in [6.07, 6.45) is 3.97. The van der Waals surface area contributed by atoms with Gasteiger partial charge in [0.15, 0.2) is 5.12 Å². The van der Waals surface area contributed by atoms with E-state index in [1.165, 1.54) is 41.0 Å². The molecular formula is C16H19N3O4S2. The fourth-order valence-electron chi connectivity index (χ4n) is 3.02. The number of aliphatic hydroxyl groups excluding tert-OH is 1. The number of aromatic nitrogens is 2. The molecule has 1 aliphatic rings. The third-order valence-corrected chi connectivity index (χ3v) is 5.96. The van der Waals surface area contributed by atoms with Crippen LogP contribution >= 0.6 is 23.1 Å². The van der Waals surface area contributed by atoms with Crippen molar-refractivity contribution in [1.29, 1.82) is 0 Å². The Hall–Kier alpha value is -1.84. The molecule has 0 spiro atoms. The number of likely N-dealkylation sites (tertiary alicyclic amines) is 1. The number of thioether (sulfide) groups is 1. The van der Waals surface area contributed by atoms with Gasteiger partial charge in [0.25, 0.3) is 0 Å². The lowest BCUT2D eigenvalue weighted by Gasteiger charge is -2.27. The summed E-state index contributed by atoms with van der Waals surface area (Å²) in [5, 5.41) is 12.7. The number of thiazole rings is 1. The number of hydrogen-bond donors (Lipinski definition) is 1. The highest BCUT2D eigenvalue weighted by Crippen LogP contribution is 2.36. The van der Waals surface area contributed by atoms with Crippen LogP contribution in [0.3, 0.4) is 0 Å². The van der Waals surface area contributed by atoms with Gasteiger partial charge in [0.1, 0.15) is 23.9 Å². The van der Waals surface area contributed by atoms with Gasteiger partial charge in [-0.25, -0.2) is 9.78 Å². The van der Waals surface area contributed by atoms with Crippen molar-refractivity contribution in [3.63, 3.8) is 0 Å². The topological polar surface area (TPSA) is 84.1 Å². The van der Waals surface area contributed by atoms with E-state index in [9.17, 15) is 14.7 Å². The van der Waals surface area contributed by atoms with Crippen LogP contribution in [0.2, 0.25) is 0 Å². The Bertz CT molecular complexity index is 787. The Morgan fingerprint density at radius 3 is 3.16 bits per heavy atom. The zero-order valence-corrected chi connectivity index (χ0v) is 15.3. The van der Waals surface area contributed by atoms with Crippen LogP contribution in [0.4, 0.5) is 4.79 Å². The predicted molar refractivity (Wildman–Crippen MR) is 96.7 cm³/mol. The Labute approximate surface area is 153 Å². The van der Waals surface area contributed by atoms with Gasteiger partial charge < -0.3 is 14.7 Å². The SMILES string of the molecule is C=CCOC(=O)N1C[C@@H](SC(C)=O)C[C@H]1C(O)c1csc2cncn12. The molecule has 0 aromatic carbocycles. The highest BCUT2D eigenvalue weighted by molar-refractivity contribution is 8.14. The third kappa shape index (κ3) is 3.73. The second kappa shape index (κ2) is 7.59. The maximum absolute atomic E-state index is 12.4. The molecule has 1 aliphatic heterocycles. The first kappa shape index (κ1) is 18.0. The second-order valence-corrected chi connectivity index (χ2v) is 8.13. The van der Waals surface area contributed by atoms with E-state index in [0.29, 0.717) is 18.7 Å². The van der Waals surface area contributed by atoms with Gasteiger partial charge in [0.2, 0.25) is 0 Å². The zero-order valence-electron chi connectivity index (χ0n) is 13.7. The van der Waals surface area contributed by atoms with E-state index in [4.69, 9.17) is 4.74 Å². The number of rotatable bonds is 5. The van der Waals surface area contributed by atoms with Crippen molar-refractivity contribution < 1.29 is 19.4 Å². The monoisotopic (exact) mass is 381 g/mol. The van der Waals surface area contributed by atoms with Crippen molar-refractivity contribution in [1.82, 2.24) is 14.3 Å². The lowest BCUT2D eigenvalue weighted by atomic mass is 10.1. The number of nitrogens with zero attached hydrogens (tertiary/aromatic N) is 3. The van der Waals surface area contributed by atoms with Crippen molar-refractivity contribution >= 4 is 39.1 Å². The van der Waals surface area contributed by atoms with Gasteiger partial charge in [-0.15, -0.1) is 11.3 Å². The largest absolute Gasteiger partial charge is 0.445 e. The van der Waals surface area contributed by atoms with Gasteiger partial charge in [-0.3, -0.25) is 9.20 Å². The van der Waals surface area contributed by atoms with Crippen molar-refractivity contribution in [3.05, 3.63) is 36.3 Å². The fourth-order valence-corrected chi connectivity index (χ4v) is 4.90. The van der Waals surface area contributed by atoms with Crippen LogP contribution in [0.1, 0.15) is 25.1 Å². The summed E-state index contributed by atoms with van der Waals surface area (Å²) in [7, 11) is 0. The summed E-state index contributed by atoms with van der Waals surface area (Å²) in [4.78, 5) is 30.3. The number of fused-ring (bicyclic) bond motifs is 1. The summed E-state index contributed by atoms with van der Waals surface area (Å²) < 4.78 is 6.96. The molecule has 1 amide bonds. The summed E-state index contributed by atoms with van der Waals surface area (Å²) >= 11 is 2.67. The van der Waals surface area contributed by atoms with Gasteiger partial charge in [0, 0.05) is 24.1 Å². The van der Waals surface area contributed by atoms with E-state index in [2.05, 4.69) is 11.6 Å². The molecule has 1 saturated heterocycles. The highest BCUT2D eigenvalue weighted by Gasteiger charge is 2.42. The number of amides is 1. The normalized spacial score (nSPS) is 21.4. The zero-order chi connectivity index (χ0) is 18.0. The molecule has 2 aromatic rings. The van der Waals surface area contributed by atoms with E-state index < -0.39 is 18.2 Å². The van der Waals surface area contributed by atoms with E-state index in [-0.39, 0.29) is 17.0 Å². The summed E-state index contributed by atoms with van der Waals surface area (Å²) in [6.45, 7) is 5.50. The minimum Gasteiger partial charge on any atom is -0.445 e. The Kier molecular flexibility index (Phi) is 5.45. The van der Waals surface area contributed by atoms with Gasteiger partial charge in [-0.2, -0.15) is 0 Å². The quantitative estimate of drug-likeness (QED) is 0.801. The first-order valence-corrected chi connectivity index (χ1v) is 9.56. The van der Waals surface area contributed by atoms with Crippen LogP contribution in [0, 0.1) is 0 Å². The lowest BCUT2D eigenvalue weighted by Crippen LogP contribution is -2.40. The average molecular weight is 381 g/mol. The molecule has 3 atom stereocenters. The molecular weight excluding hydrogens is 362 g/mol. The minimum atomic E-state index is -0.892. The number of carbonyl (C=O) groups excluding carboxylic acids is 2. The van der Waals surface area contributed by atoms with E-state index in [0.717, 1.165) is 4.83 Å². The molecule has 2 aromatic heterocycles. The summed E-state index contributed by atoms with van der Waals surface area (Å²) in [5.41, 5.74) is 0.678.